The Morgan fingerprint density at radius 3 is 1.91 bits per heavy atom. The van der Waals surface area contributed by atoms with Crippen LogP contribution in [0.5, 0.6) is 0 Å². The molecule has 4 aromatic carbocycles. The van der Waals surface area contributed by atoms with Crippen LogP contribution in [0.2, 0.25) is 0 Å². The monoisotopic (exact) mass is 281 g/mol. The maximum absolute atomic E-state index is 7.51. The average molecular weight is 281 g/mol. The van der Waals surface area contributed by atoms with Crippen molar-refractivity contribution >= 4 is 38.4 Å². The van der Waals surface area contributed by atoms with Gasteiger partial charge in [0.1, 0.15) is 0 Å². The average Bonchev–Trinajstić information content (AvgIpc) is 2.59. The summed E-state index contributed by atoms with van der Waals surface area (Å²) in [5.74, 6) is 0. The van der Waals surface area contributed by atoms with Crippen LogP contribution in [0.15, 0.2) is 73.8 Å². The van der Waals surface area contributed by atoms with Crippen LogP contribution in [0.25, 0.3) is 38.4 Å². The fraction of sp³-hybridized carbons (Fsp3) is 0. The number of nitriles is 1. The lowest BCUT2D eigenvalue weighted by Crippen LogP contribution is -1.85. The minimum Gasteiger partial charge on any atom is -0.193 e. The van der Waals surface area contributed by atoms with Crippen molar-refractivity contribution in [2.75, 3.05) is 0 Å². The number of rotatable bonds is 1. The molecule has 0 fully saturated rings. The molecule has 0 unspecified atom stereocenters. The lowest BCUT2D eigenvalue weighted by molar-refractivity contribution is 1.54. The fourth-order valence-electron chi connectivity index (χ4n) is 2.94. The van der Waals surface area contributed by atoms with E-state index >= 15 is 0 Å². The first-order valence-corrected chi connectivity index (χ1v) is 7.09. The van der Waals surface area contributed by atoms with E-state index in [0.29, 0.717) is 0 Å². The largest absolute Gasteiger partial charge is 0.193 e. The molecule has 0 atom stereocenters. The summed E-state index contributed by atoms with van der Waals surface area (Å²) in [6, 6.07) is 21.3. The summed E-state index contributed by atoms with van der Waals surface area (Å²) in [4.78, 5) is 0. The maximum atomic E-state index is 7.51. The van der Waals surface area contributed by atoms with Gasteiger partial charge in [-0.3, -0.25) is 0 Å². The molecular formula is C21H15N. The first-order chi connectivity index (χ1) is 10.8. The second-order valence-corrected chi connectivity index (χ2v) is 5.05. The molecule has 1 nitrogen and oxygen atoms in total. The summed E-state index contributed by atoms with van der Waals surface area (Å²) in [6.07, 6.45) is 3.12. The van der Waals surface area contributed by atoms with Crippen LogP contribution < -0.4 is 0 Å². The first-order valence-electron chi connectivity index (χ1n) is 7.09. The van der Waals surface area contributed by atoms with Crippen molar-refractivity contribution in [3.63, 3.8) is 0 Å². The van der Waals surface area contributed by atoms with E-state index in [-0.39, 0.29) is 0 Å². The summed E-state index contributed by atoms with van der Waals surface area (Å²) >= 11 is 0. The molecule has 4 rings (SSSR count). The molecule has 104 valence electrons. The Hall–Kier alpha value is -3.11. The smallest absolute Gasteiger partial charge is 0.0905 e. The topological polar surface area (TPSA) is 23.8 Å². The highest BCUT2D eigenvalue weighted by molar-refractivity contribution is 6.24. The van der Waals surface area contributed by atoms with Crippen LogP contribution >= 0.6 is 0 Å². The van der Waals surface area contributed by atoms with Crippen molar-refractivity contribution in [1.29, 1.82) is 5.26 Å². The zero-order valence-corrected chi connectivity index (χ0v) is 12.2. The molecule has 0 aliphatic heterocycles. The second kappa shape index (κ2) is 5.71. The van der Waals surface area contributed by atoms with Crippen LogP contribution in [0.3, 0.4) is 0 Å². The Kier molecular flexibility index (Phi) is 3.60. The van der Waals surface area contributed by atoms with Crippen LogP contribution in [0, 0.1) is 11.3 Å². The van der Waals surface area contributed by atoms with Gasteiger partial charge in [-0.15, -0.1) is 0 Å². The number of allylic oxidation sites excluding steroid dienone is 1. The number of hydrogen-bond acceptors (Lipinski definition) is 1. The van der Waals surface area contributed by atoms with Gasteiger partial charge in [-0.2, -0.15) is 5.26 Å². The molecule has 0 aliphatic rings. The molecule has 0 saturated heterocycles. The van der Waals surface area contributed by atoms with E-state index in [0.717, 1.165) is 0 Å². The van der Waals surface area contributed by atoms with Gasteiger partial charge in [0.05, 0.1) is 6.07 Å². The predicted octanol–water partition coefficient (Wildman–Crippen LogP) is 5.92. The third kappa shape index (κ3) is 2.12. The fourth-order valence-corrected chi connectivity index (χ4v) is 2.94. The molecule has 0 spiro atoms. The normalized spacial score (nSPS) is 10.1. The molecule has 0 heterocycles. The van der Waals surface area contributed by atoms with Gasteiger partial charge in [0, 0.05) is 6.08 Å². The van der Waals surface area contributed by atoms with Gasteiger partial charge in [-0.05, 0) is 37.9 Å². The van der Waals surface area contributed by atoms with E-state index in [1.54, 1.807) is 6.07 Å². The molecule has 0 amide bonds. The van der Waals surface area contributed by atoms with Crippen molar-refractivity contribution in [1.82, 2.24) is 0 Å². The second-order valence-electron chi connectivity index (χ2n) is 5.05. The maximum Gasteiger partial charge on any atom is 0.0905 e. The van der Waals surface area contributed by atoms with Crippen molar-refractivity contribution in [3.05, 3.63) is 79.4 Å². The molecule has 0 aromatic heterocycles. The molecular weight excluding hydrogens is 266 g/mol. The number of benzene rings is 4. The zero-order valence-electron chi connectivity index (χ0n) is 12.2. The molecule has 0 saturated carbocycles. The summed E-state index contributed by atoms with van der Waals surface area (Å²) < 4.78 is 0. The quantitative estimate of drug-likeness (QED) is 0.313. The Morgan fingerprint density at radius 1 is 0.773 bits per heavy atom. The van der Waals surface area contributed by atoms with Crippen LogP contribution in [0.4, 0.5) is 0 Å². The Bertz CT molecular complexity index is 1000. The van der Waals surface area contributed by atoms with E-state index in [2.05, 4.69) is 67.8 Å². The SMILES string of the molecule is C=CC#N.C=Cc1ccc2ccc3cccc4ccc1c2c34. The number of nitrogens with zero attached hydrogens (tertiary/aromatic N) is 1. The van der Waals surface area contributed by atoms with Gasteiger partial charge in [-0.25, -0.2) is 0 Å². The van der Waals surface area contributed by atoms with E-state index in [9.17, 15) is 0 Å². The molecule has 1 heteroatoms. The molecule has 0 radical (unpaired) electrons. The minimum atomic E-state index is 1.18. The summed E-state index contributed by atoms with van der Waals surface area (Å²) in [5, 5.41) is 15.5. The lowest BCUT2D eigenvalue weighted by Gasteiger charge is -2.12. The zero-order chi connectivity index (χ0) is 15.5. The summed E-state index contributed by atoms with van der Waals surface area (Å²) in [6.45, 7) is 7.03. The summed E-state index contributed by atoms with van der Waals surface area (Å²) in [7, 11) is 0. The molecule has 22 heavy (non-hydrogen) atoms. The molecule has 0 bridgehead atoms. The van der Waals surface area contributed by atoms with Crippen LogP contribution in [-0.4, -0.2) is 0 Å². The highest BCUT2D eigenvalue weighted by Crippen LogP contribution is 2.35. The van der Waals surface area contributed by atoms with Gasteiger partial charge in [0.25, 0.3) is 0 Å². The van der Waals surface area contributed by atoms with Crippen LogP contribution in [0.1, 0.15) is 5.56 Å². The van der Waals surface area contributed by atoms with E-state index < -0.39 is 0 Å². The Balaban J connectivity index is 0.000000325. The minimum absolute atomic E-state index is 1.18. The van der Waals surface area contributed by atoms with Gasteiger partial charge >= 0.3 is 0 Å². The molecule has 0 aliphatic carbocycles. The summed E-state index contributed by atoms with van der Waals surface area (Å²) in [5.41, 5.74) is 1.21. The van der Waals surface area contributed by atoms with E-state index in [1.165, 1.54) is 44.0 Å². The molecule has 0 N–H and O–H groups in total. The standard InChI is InChI=1S/C18H12.C3H3N/c1-2-12-6-7-15-9-8-13-4-3-5-14-10-11-16(12)18(15)17(13)14;1-2-3-4/h2-11H,1H2;2H,1H2. The van der Waals surface area contributed by atoms with Gasteiger partial charge in [0.15, 0.2) is 0 Å². The Labute approximate surface area is 129 Å². The van der Waals surface area contributed by atoms with Crippen molar-refractivity contribution in [2.24, 2.45) is 0 Å². The van der Waals surface area contributed by atoms with Gasteiger partial charge < -0.3 is 0 Å². The predicted molar refractivity (Wildman–Crippen MR) is 96.0 cm³/mol. The highest BCUT2D eigenvalue weighted by atomic mass is 14.2. The van der Waals surface area contributed by atoms with Crippen molar-refractivity contribution in [2.45, 2.75) is 0 Å². The lowest BCUT2D eigenvalue weighted by atomic mass is 9.92. The Morgan fingerprint density at radius 2 is 1.32 bits per heavy atom. The first kappa shape index (κ1) is 13.9. The number of hydrogen-bond donors (Lipinski definition) is 0. The van der Waals surface area contributed by atoms with Gasteiger partial charge in [0.2, 0.25) is 0 Å². The molecule has 4 aromatic rings. The van der Waals surface area contributed by atoms with E-state index in [1.807, 2.05) is 6.08 Å². The van der Waals surface area contributed by atoms with Crippen LogP contribution in [-0.2, 0) is 0 Å². The van der Waals surface area contributed by atoms with Crippen molar-refractivity contribution < 1.29 is 0 Å². The van der Waals surface area contributed by atoms with Crippen molar-refractivity contribution in [3.8, 4) is 6.07 Å². The third-order valence-electron chi connectivity index (χ3n) is 3.87. The van der Waals surface area contributed by atoms with E-state index in [4.69, 9.17) is 5.26 Å². The van der Waals surface area contributed by atoms with Gasteiger partial charge in [-0.1, -0.05) is 73.8 Å². The highest BCUT2D eigenvalue weighted by Gasteiger charge is 2.08. The third-order valence-corrected chi connectivity index (χ3v) is 3.87.